The van der Waals surface area contributed by atoms with Gasteiger partial charge in [-0.15, -0.1) is 0 Å². The highest BCUT2D eigenvalue weighted by atomic mass is 14.9. The summed E-state index contributed by atoms with van der Waals surface area (Å²) in [5.41, 5.74) is 5.59. The predicted molar refractivity (Wildman–Crippen MR) is 97.2 cm³/mol. The van der Waals surface area contributed by atoms with E-state index in [1.165, 1.54) is 47.9 Å². The molecule has 1 N–H and O–H groups in total. The molecule has 0 aliphatic heterocycles. The molecule has 1 aliphatic rings. The average Bonchev–Trinajstić information content (AvgIpc) is 3.33. The van der Waals surface area contributed by atoms with Crippen LogP contribution in [0, 0.1) is 19.8 Å². The number of nitrogens with one attached hydrogen (secondary N) is 1. The van der Waals surface area contributed by atoms with Gasteiger partial charge in [0.05, 0.1) is 0 Å². The first-order valence-corrected chi connectivity index (χ1v) is 8.72. The number of aryl methyl sites for hydroxylation is 2. The van der Waals surface area contributed by atoms with Crippen LogP contribution in [0.15, 0.2) is 42.0 Å². The van der Waals surface area contributed by atoms with Crippen LogP contribution in [-0.4, -0.2) is 6.54 Å². The number of hydrogen-bond acceptors (Lipinski definition) is 1. The van der Waals surface area contributed by atoms with Crippen molar-refractivity contribution in [2.24, 2.45) is 5.92 Å². The third kappa shape index (κ3) is 5.14. The third-order valence-electron chi connectivity index (χ3n) is 4.80. The van der Waals surface area contributed by atoms with Crippen molar-refractivity contribution in [1.82, 2.24) is 5.32 Å². The van der Waals surface area contributed by atoms with Gasteiger partial charge in [0.2, 0.25) is 0 Å². The Morgan fingerprint density at radius 2 is 2.00 bits per heavy atom. The van der Waals surface area contributed by atoms with E-state index in [9.17, 15) is 0 Å². The summed E-state index contributed by atoms with van der Waals surface area (Å²) in [6.45, 7) is 9.55. The summed E-state index contributed by atoms with van der Waals surface area (Å²) in [5.74, 6) is 0.993. The van der Waals surface area contributed by atoms with Gasteiger partial charge in [0, 0.05) is 12.6 Å². The van der Waals surface area contributed by atoms with E-state index in [2.05, 4.69) is 69.4 Å². The first-order chi connectivity index (χ1) is 10.6. The van der Waals surface area contributed by atoms with Gasteiger partial charge < -0.3 is 5.32 Å². The predicted octanol–water partition coefficient (Wildman–Crippen LogP) is 5.65. The molecule has 0 bridgehead atoms. The van der Waals surface area contributed by atoms with Crippen molar-refractivity contribution in [3.8, 4) is 0 Å². The second-order valence-corrected chi connectivity index (χ2v) is 6.66. The number of hydrogen-bond donors (Lipinski definition) is 1. The van der Waals surface area contributed by atoms with Crippen LogP contribution < -0.4 is 5.32 Å². The van der Waals surface area contributed by atoms with E-state index in [0.717, 1.165) is 12.5 Å². The highest BCUT2D eigenvalue weighted by molar-refractivity contribution is 5.32. The Balaban J connectivity index is 2.05. The zero-order valence-corrected chi connectivity index (χ0v) is 14.7. The summed E-state index contributed by atoms with van der Waals surface area (Å²) < 4.78 is 0. The first kappa shape index (κ1) is 17.0. The lowest BCUT2D eigenvalue weighted by Gasteiger charge is -2.21. The van der Waals surface area contributed by atoms with Gasteiger partial charge in [0.1, 0.15) is 0 Å². The largest absolute Gasteiger partial charge is 0.306 e. The first-order valence-electron chi connectivity index (χ1n) is 8.72. The molecule has 0 aromatic heterocycles. The molecule has 1 fully saturated rings. The Morgan fingerprint density at radius 1 is 1.23 bits per heavy atom. The summed E-state index contributed by atoms with van der Waals surface area (Å²) in [6.07, 6.45) is 12.0. The fraction of sp³-hybridized carbons (Fsp3) is 0.524. The van der Waals surface area contributed by atoms with Crippen LogP contribution in [0.4, 0.5) is 0 Å². The molecule has 0 heterocycles. The molecule has 2 rings (SSSR count). The minimum absolute atomic E-state index is 0.472. The molecule has 1 heteroatoms. The van der Waals surface area contributed by atoms with Crippen LogP contribution in [-0.2, 0) is 0 Å². The van der Waals surface area contributed by atoms with Crippen molar-refractivity contribution in [3.05, 3.63) is 58.7 Å². The summed E-state index contributed by atoms with van der Waals surface area (Å²) >= 11 is 0. The number of rotatable bonds is 8. The third-order valence-corrected chi connectivity index (χ3v) is 4.80. The van der Waals surface area contributed by atoms with Crippen LogP contribution in [0.1, 0.15) is 62.3 Å². The fourth-order valence-corrected chi connectivity index (χ4v) is 2.89. The van der Waals surface area contributed by atoms with Crippen LogP contribution in [0.2, 0.25) is 0 Å². The smallest absolute Gasteiger partial charge is 0.0323 e. The standard InChI is InChI=1S/C21H31N/c1-5-7-18(6-2)15-22-21(13-11-19-9-10-19)20-12-8-16(3)17(4)14-20/h5-8,12,14,19,21-22H,9-11,13,15H2,1-4H3/b7-5-,18-6+/t21-/m0/s1. The van der Waals surface area contributed by atoms with Gasteiger partial charge >= 0.3 is 0 Å². The summed E-state index contributed by atoms with van der Waals surface area (Å²) in [5, 5.41) is 3.78. The molecule has 1 saturated carbocycles. The maximum absolute atomic E-state index is 3.78. The Bertz CT molecular complexity index is 535. The van der Waals surface area contributed by atoms with Crippen molar-refractivity contribution in [2.45, 2.75) is 59.4 Å². The zero-order chi connectivity index (χ0) is 15.9. The minimum Gasteiger partial charge on any atom is -0.306 e. The number of allylic oxidation sites excluding steroid dienone is 2. The van der Waals surface area contributed by atoms with Gasteiger partial charge in [0.25, 0.3) is 0 Å². The van der Waals surface area contributed by atoms with E-state index in [1.807, 2.05) is 0 Å². The fourth-order valence-electron chi connectivity index (χ4n) is 2.89. The second kappa shape index (κ2) is 8.33. The summed E-state index contributed by atoms with van der Waals surface area (Å²) in [6, 6.07) is 7.40. The Kier molecular flexibility index (Phi) is 6.45. The Labute approximate surface area is 136 Å². The Morgan fingerprint density at radius 3 is 2.59 bits per heavy atom. The molecule has 1 aromatic carbocycles. The van der Waals surface area contributed by atoms with E-state index in [4.69, 9.17) is 0 Å². The molecule has 22 heavy (non-hydrogen) atoms. The van der Waals surface area contributed by atoms with Crippen LogP contribution in [0.25, 0.3) is 0 Å². The van der Waals surface area contributed by atoms with E-state index in [-0.39, 0.29) is 0 Å². The number of benzene rings is 1. The monoisotopic (exact) mass is 297 g/mol. The molecule has 0 spiro atoms. The SMILES string of the molecule is C/C=C\C(=C/C)CN[C@@H](CCC1CC1)c1ccc(C)c(C)c1. The molecule has 1 nitrogen and oxygen atoms in total. The molecule has 1 aromatic rings. The van der Waals surface area contributed by atoms with Crippen LogP contribution in [0.3, 0.4) is 0 Å². The summed E-state index contributed by atoms with van der Waals surface area (Å²) in [7, 11) is 0. The lowest BCUT2D eigenvalue weighted by Crippen LogP contribution is -2.23. The Hall–Kier alpha value is -1.34. The molecule has 120 valence electrons. The van der Waals surface area contributed by atoms with Gasteiger partial charge in [0.15, 0.2) is 0 Å². The molecule has 0 saturated heterocycles. The molecule has 0 radical (unpaired) electrons. The molecule has 0 unspecified atom stereocenters. The van der Waals surface area contributed by atoms with Crippen molar-refractivity contribution in [2.75, 3.05) is 6.54 Å². The molecule has 1 aliphatic carbocycles. The second-order valence-electron chi connectivity index (χ2n) is 6.66. The van der Waals surface area contributed by atoms with Crippen molar-refractivity contribution in [3.63, 3.8) is 0 Å². The van der Waals surface area contributed by atoms with Gasteiger partial charge in [-0.05, 0) is 68.7 Å². The van der Waals surface area contributed by atoms with E-state index in [0.29, 0.717) is 6.04 Å². The van der Waals surface area contributed by atoms with Gasteiger partial charge in [-0.3, -0.25) is 0 Å². The van der Waals surface area contributed by atoms with Gasteiger partial charge in [-0.2, -0.15) is 0 Å². The molecule has 1 atom stereocenters. The maximum Gasteiger partial charge on any atom is 0.0323 e. The average molecular weight is 297 g/mol. The quantitative estimate of drug-likeness (QED) is 0.612. The van der Waals surface area contributed by atoms with Crippen molar-refractivity contribution < 1.29 is 0 Å². The molecule has 0 amide bonds. The topological polar surface area (TPSA) is 12.0 Å². The summed E-state index contributed by atoms with van der Waals surface area (Å²) in [4.78, 5) is 0. The van der Waals surface area contributed by atoms with Gasteiger partial charge in [-0.1, -0.05) is 49.3 Å². The lowest BCUT2D eigenvalue weighted by atomic mass is 9.96. The lowest BCUT2D eigenvalue weighted by molar-refractivity contribution is 0.487. The molecular formula is C21H31N. The zero-order valence-electron chi connectivity index (χ0n) is 14.7. The highest BCUT2D eigenvalue weighted by Gasteiger charge is 2.23. The van der Waals surface area contributed by atoms with Gasteiger partial charge in [-0.25, -0.2) is 0 Å². The maximum atomic E-state index is 3.78. The van der Waals surface area contributed by atoms with E-state index < -0.39 is 0 Å². The normalized spacial score (nSPS) is 17.2. The molecular weight excluding hydrogens is 266 g/mol. The highest BCUT2D eigenvalue weighted by Crippen LogP contribution is 2.36. The van der Waals surface area contributed by atoms with E-state index in [1.54, 1.807) is 0 Å². The van der Waals surface area contributed by atoms with E-state index >= 15 is 0 Å². The van der Waals surface area contributed by atoms with Crippen LogP contribution in [0.5, 0.6) is 0 Å². The van der Waals surface area contributed by atoms with Crippen molar-refractivity contribution >= 4 is 0 Å². The minimum atomic E-state index is 0.472. The van der Waals surface area contributed by atoms with Crippen molar-refractivity contribution in [1.29, 1.82) is 0 Å². The van der Waals surface area contributed by atoms with Crippen LogP contribution >= 0.6 is 0 Å².